The van der Waals surface area contributed by atoms with Gasteiger partial charge >= 0.3 is 5.97 Å². The maximum absolute atomic E-state index is 12.5. The standard InChI is InChI=1S/C27H24ClN3O5/c1-3-35-27(33)22-16-24(31(30-22)23-9-4-5-10-25(23)34-2)18-7-6-8-20(15-18)29-26(32)17-36-21-13-11-19(28)12-14-21/h4-16H,3,17H2,1-2H3,(H,29,32). The van der Waals surface area contributed by atoms with Gasteiger partial charge in [-0.3, -0.25) is 4.79 Å². The number of benzene rings is 3. The highest BCUT2D eigenvalue weighted by Gasteiger charge is 2.20. The molecule has 1 aromatic heterocycles. The Morgan fingerprint density at radius 1 is 1.00 bits per heavy atom. The molecule has 9 heteroatoms. The average molecular weight is 506 g/mol. The number of nitrogens with one attached hydrogen (secondary N) is 1. The summed E-state index contributed by atoms with van der Waals surface area (Å²) in [5, 5.41) is 7.90. The number of nitrogens with zero attached hydrogens (tertiary/aromatic N) is 2. The third-order valence-corrected chi connectivity index (χ3v) is 5.38. The van der Waals surface area contributed by atoms with Crippen LogP contribution in [0.15, 0.2) is 78.9 Å². The Morgan fingerprint density at radius 3 is 2.53 bits per heavy atom. The average Bonchev–Trinajstić information content (AvgIpc) is 3.34. The van der Waals surface area contributed by atoms with E-state index in [4.69, 9.17) is 25.8 Å². The van der Waals surface area contributed by atoms with Gasteiger partial charge in [0.05, 0.1) is 19.4 Å². The molecule has 0 bridgehead atoms. The summed E-state index contributed by atoms with van der Waals surface area (Å²) < 4.78 is 17.8. The first-order chi connectivity index (χ1) is 17.5. The lowest BCUT2D eigenvalue weighted by Gasteiger charge is -2.13. The van der Waals surface area contributed by atoms with Gasteiger partial charge in [0.1, 0.15) is 17.2 Å². The SMILES string of the molecule is CCOC(=O)c1cc(-c2cccc(NC(=O)COc3ccc(Cl)cc3)c2)n(-c2ccccc2OC)n1. The van der Waals surface area contributed by atoms with Crippen molar-refractivity contribution in [2.24, 2.45) is 0 Å². The molecule has 4 aromatic rings. The molecule has 0 spiro atoms. The summed E-state index contributed by atoms with van der Waals surface area (Å²) in [5.41, 5.74) is 2.71. The van der Waals surface area contributed by atoms with Crippen LogP contribution >= 0.6 is 11.6 Å². The van der Waals surface area contributed by atoms with Gasteiger partial charge in [0.15, 0.2) is 12.3 Å². The molecule has 1 N–H and O–H groups in total. The molecule has 1 amide bonds. The number of aromatic nitrogens is 2. The second-order valence-corrected chi connectivity index (χ2v) is 8.03. The second-order valence-electron chi connectivity index (χ2n) is 7.59. The maximum Gasteiger partial charge on any atom is 0.358 e. The van der Waals surface area contributed by atoms with E-state index in [-0.39, 0.29) is 24.8 Å². The van der Waals surface area contributed by atoms with E-state index in [9.17, 15) is 9.59 Å². The fourth-order valence-corrected chi connectivity index (χ4v) is 3.64. The number of para-hydroxylation sites is 2. The largest absolute Gasteiger partial charge is 0.494 e. The number of rotatable bonds is 9. The molecule has 8 nitrogen and oxygen atoms in total. The van der Waals surface area contributed by atoms with E-state index in [0.29, 0.717) is 33.6 Å². The second kappa shape index (κ2) is 11.4. The maximum atomic E-state index is 12.5. The van der Waals surface area contributed by atoms with Crippen molar-refractivity contribution < 1.29 is 23.8 Å². The summed E-state index contributed by atoms with van der Waals surface area (Å²) in [6.45, 7) is 1.80. The quantitative estimate of drug-likeness (QED) is 0.306. The minimum absolute atomic E-state index is 0.156. The zero-order chi connectivity index (χ0) is 25.5. The highest BCUT2D eigenvalue weighted by atomic mass is 35.5. The molecule has 0 aliphatic rings. The van der Waals surface area contributed by atoms with Crippen LogP contribution in [0.25, 0.3) is 16.9 Å². The number of hydrogen-bond acceptors (Lipinski definition) is 6. The molecular formula is C27H24ClN3O5. The number of methoxy groups -OCH3 is 1. The van der Waals surface area contributed by atoms with E-state index < -0.39 is 5.97 Å². The number of ether oxygens (including phenoxy) is 3. The third-order valence-electron chi connectivity index (χ3n) is 5.13. The number of amides is 1. The zero-order valence-electron chi connectivity index (χ0n) is 19.7. The molecule has 3 aromatic carbocycles. The van der Waals surface area contributed by atoms with E-state index in [2.05, 4.69) is 10.4 Å². The van der Waals surface area contributed by atoms with Gasteiger partial charge in [-0.05, 0) is 61.5 Å². The third kappa shape index (κ3) is 5.84. The van der Waals surface area contributed by atoms with Gasteiger partial charge in [0, 0.05) is 16.3 Å². The first-order valence-electron chi connectivity index (χ1n) is 11.2. The Hall–Kier alpha value is -4.30. The Balaban J connectivity index is 1.61. The molecule has 0 saturated heterocycles. The minimum Gasteiger partial charge on any atom is -0.494 e. The van der Waals surface area contributed by atoms with Gasteiger partial charge in [-0.1, -0.05) is 35.9 Å². The van der Waals surface area contributed by atoms with Crippen LogP contribution in [0.1, 0.15) is 17.4 Å². The number of halogens is 1. The summed E-state index contributed by atoms with van der Waals surface area (Å²) in [6, 6.07) is 23.0. The monoisotopic (exact) mass is 505 g/mol. The zero-order valence-corrected chi connectivity index (χ0v) is 20.5. The first kappa shape index (κ1) is 24.8. The molecule has 0 radical (unpaired) electrons. The van der Waals surface area contributed by atoms with E-state index in [0.717, 1.165) is 5.56 Å². The van der Waals surface area contributed by atoms with Gasteiger partial charge < -0.3 is 19.5 Å². The topological polar surface area (TPSA) is 91.7 Å². The van der Waals surface area contributed by atoms with E-state index in [1.807, 2.05) is 30.3 Å². The Labute approximate surface area is 213 Å². The van der Waals surface area contributed by atoms with Gasteiger partial charge in [-0.15, -0.1) is 0 Å². The summed E-state index contributed by atoms with van der Waals surface area (Å²) in [5.74, 6) is 0.264. The van der Waals surface area contributed by atoms with Crippen molar-refractivity contribution in [2.75, 3.05) is 25.6 Å². The lowest BCUT2D eigenvalue weighted by atomic mass is 10.1. The molecule has 36 heavy (non-hydrogen) atoms. The smallest absolute Gasteiger partial charge is 0.358 e. The van der Waals surface area contributed by atoms with Crippen LogP contribution < -0.4 is 14.8 Å². The molecule has 1 heterocycles. The van der Waals surface area contributed by atoms with Crippen molar-refractivity contribution in [2.45, 2.75) is 6.92 Å². The van der Waals surface area contributed by atoms with Gasteiger partial charge in [-0.25, -0.2) is 9.48 Å². The normalized spacial score (nSPS) is 10.5. The van der Waals surface area contributed by atoms with Gasteiger partial charge in [-0.2, -0.15) is 5.10 Å². The fraction of sp³-hybridized carbons (Fsp3) is 0.148. The van der Waals surface area contributed by atoms with Crippen molar-refractivity contribution in [3.63, 3.8) is 0 Å². The Kier molecular flexibility index (Phi) is 7.87. The van der Waals surface area contributed by atoms with Crippen LogP contribution in [0, 0.1) is 0 Å². The first-order valence-corrected chi connectivity index (χ1v) is 11.6. The Morgan fingerprint density at radius 2 is 1.78 bits per heavy atom. The molecule has 0 saturated carbocycles. The number of anilines is 1. The van der Waals surface area contributed by atoms with Crippen molar-refractivity contribution >= 4 is 29.2 Å². The summed E-state index contributed by atoms with van der Waals surface area (Å²) in [4.78, 5) is 24.9. The molecule has 0 aliphatic heterocycles. The van der Waals surface area contributed by atoms with Crippen LogP contribution in [0.3, 0.4) is 0 Å². The van der Waals surface area contributed by atoms with Crippen LogP contribution in [0.5, 0.6) is 11.5 Å². The van der Waals surface area contributed by atoms with E-state index in [1.54, 1.807) is 67.2 Å². The number of esters is 1. The number of carbonyl (C=O) groups excluding carboxylic acids is 2. The van der Waals surface area contributed by atoms with Crippen molar-refractivity contribution in [3.05, 3.63) is 89.6 Å². The van der Waals surface area contributed by atoms with Crippen LogP contribution in [0.4, 0.5) is 5.69 Å². The van der Waals surface area contributed by atoms with Crippen LogP contribution in [0.2, 0.25) is 5.02 Å². The Bertz CT molecular complexity index is 1370. The van der Waals surface area contributed by atoms with Crippen molar-refractivity contribution in [1.82, 2.24) is 9.78 Å². The predicted molar refractivity (Wildman–Crippen MR) is 137 cm³/mol. The molecule has 184 valence electrons. The summed E-state index contributed by atoms with van der Waals surface area (Å²) in [6.07, 6.45) is 0. The molecule has 0 unspecified atom stereocenters. The van der Waals surface area contributed by atoms with Crippen molar-refractivity contribution in [1.29, 1.82) is 0 Å². The molecule has 4 rings (SSSR count). The summed E-state index contributed by atoms with van der Waals surface area (Å²) in [7, 11) is 1.57. The molecule has 0 fully saturated rings. The number of hydrogen-bond donors (Lipinski definition) is 1. The van der Waals surface area contributed by atoms with E-state index >= 15 is 0 Å². The molecule has 0 atom stereocenters. The lowest BCUT2D eigenvalue weighted by molar-refractivity contribution is -0.118. The lowest BCUT2D eigenvalue weighted by Crippen LogP contribution is -2.20. The molecular weight excluding hydrogens is 482 g/mol. The van der Waals surface area contributed by atoms with Crippen LogP contribution in [-0.4, -0.2) is 42.0 Å². The van der Waals surface area contributed by atoms with Gasteiger partial charge in [0.25, 0.3) is 5.91 Å². The summed E-state index contributed by atoms with van der Waals surface area (Å²) >= 11 is 5.87. The fourth-order valence-electron chi connectivity index (χ4n) is 3.51. The molecule has 0 aliphatic carbocycles. The highest BCUT2D eigenvalue weighted by molar-refractivity contribution is 6.30. The van der Waals surface area contributed by atoms with Crippen LogP contribution in [-0.2, 0) is 9.53 Å². The predicted octanol–water partition coefficient (Wildman–Crippen LogP) is 5.40. The van der Waals surface area contributed by atoms with Crippen molar-refractivity contribution in [3.8, 4) is 28.4 Å². The number of carbonyl (C=O) groups is 2. The minimum atomic E-state index is -0.531. The highest BCUT2D eigenvalue weighted by Crippen LogP contribution is 2.30. The van der Waals surface area contributed by atoms with E-state index in [1.165, 1.54) is 0 Å². The van der Waals surface area contributed by atoms with Gasteiger partial charge in [0.2, 0.25) is 0 Å².